The fourth-order valence-corrected chi connectivity index (χ4v) is 3.19. The van der Waals surface area contributed by atoms with E-state index in [1.165, 1.54) is 21.0 Å². The Balaban J connectivity index is 1.44. The molecular weight excluding hydrogens is 362 g/mol. The van der Waals surface area contributed by atoms with Crippen LogP contribution < -0.4 is 5.32 Å². The first-order valence-electron chi connectivity index (χ1n) is 8.57. The van der Waals surface area contributed by atoms with E-state index in [1.807, 2.05) is 29.1 Å². The summed E-state index contributed by atoms with van der Waals surface area (Å²) in [4.78, 5) is 12.2. The Labute approximate surface area is 161 Å². The number of halogens is 1. The van der Waals surface area contributed by atoms with Crippen LogP contribution in [0.15, 0.2) is 61.1 Å². The molecule has 0 aliphatic carbocycles. The highest BCUT2D eigenvalue weighted by atomic mass is 35.5. The van der Waals surface area contributed by atoms with E-state index in [1.54, 1.807) is 19.3 Å². The maximum Gasteiger partial charge on any atom is 0.246 e. The number of carbonyl (C=O) groups excluding carboxylic acids is 1. The molecule has 27 heavy (non-hydrogen) atoms. The summed E-state index contributed by atoms with van der Waals surface area (Å²) in [6.45, 7) is 2.53. The highest BCUT2D eigenvalue weighted by molar-refractivity contribution is 6.31. The Kier molecular flexibility index (Phi) is 4.64. The Morgan fingerprint density at radius 1 is 1.11 bits per heavy atom. The van der Waals surface area contributed by atoms with Crippen LogP contribution in [0, 0.1) is 6.92 Å². The Hall–Kier alpha value is -3.12. The number of fused-ring (bicyclic) bond motifs is 1. The predicted molar refractivity (Wildman–Crippen MR) is 106 cm³/mol. The molecule has 6 nitrogen and oxygen atoms in total. The van der Waals surface area contributed by atoms with E-state index in [9.17, 15) is 4.79 Å². The normalized spacial score (nSPS) is 11.0. The fourth-order valence-electron chi connectivity index (χ4n) is 3.04. The van der Waals surface area contributed by atoms with Crippen molar-refractivity contribution >= 4 is 34.0 Å². The molecule has 2 heterocycles. The summed E-state index contributed by atoms with van der Waals surface area (Å²) in [6.07, 6.45) is 5.10. The molecular formula is C20H18ClN5O. The van der Waals surface area contributed by atoms with Crippen molar-refractivity contribution < 1.29 is 4.79 Å². The molecule has 0 aliphatic rings. The van der Waals surface area contributed by atoms with Crippen LogP contribution in [-0.2, 0) is 17.9 Å². The highest BCUT2D eigenvalue weighted by Gasteiger charge is 2.09. The van der Waals surface area contributed by atoms with Gasteiger partial charge < -0.3 is 5.32 Å². The lowest BCUT2D eigenvalue weighted by atomic mass is 10.0. The van der Waals surface area contributed by atoms with E-state index in [0.717, 1.165) is 0 Å². The van der Waals surface area contributed by atoms with E-state index >= 15 is 0 Å². The van der Waals surface area contributed by atoms with E-state index in [2.05, 4.69) is 39.8 Å². The number of hydrogen-bond acceptors (Lipinski definition) is 3. The zero-order valence-corrected chi connectivity index (χ0v) is 15.5. The number of aromatic nitrogens is 4. The molecule has 0 fully saturated rings. The summed E-state index contributed by atoms with van der Waals surface area (Å²) in [5.74, 6) is -0.182. The van der Waals surface area contributed by atoms with Gasteiger partial charge in [0.15, 0.2) is 0 Å². The summed E-state index contributed by atoms with van der Waals surface area (Å²) in [5, 5.41) is 14.3. The van der Waals surface area contributed by atoms with E-state index in [4.69, 9.17) is 11.6 Å². The molecule has 7 heteroatoms. The summed E-state index contributed by atoms with van der Waals surface area (Å²) < 4.78 is 3.33. The first-order valence-corrected chi connectivity index (χ1v) is 8.95. The summed E-state index contributed by atoms with van der Waals surface area (Å²) in [7, 11) is 0. The van der Waals surface area contributed by atoms with Gasteiger partial charge >= 0.3 is 0 Å². The van der Waals surface area contributed by atoms with Gasteiger partial charge in [-0.05, 0) is 23.3 Å². The minimum atomic E-state index is -0.182. The molecule has 1 amide bonds. The molecule has 0 atom stereocenters. The first kappa shape index (κ1) is 17.3. The molecule has 136 valence electrons. The number of carbonyl (C=O) groups is 1. The van der Waals surface area contributed by atoms with Crippen molar-refractivity contribution in [2.24, 2.45) is 0 Å². The molecule has 0 bridgehead atoms. The third-order valence-corrected chi connectivity index (χ3v) is 4.69. The number of hydrogen-bond donors (Lipinski definition) is 1. The summed E-state index contributed by atoms with van der Waals surface area (Å²) >= 11 is 5.97. The average Bonchev–Trinajstić information content (AvgIpc) is 3.21. The zero-order chi connectivity index (χ0) is 18.8. The van der Waals surface area contributed by atoms with Crippen LogP contribution in [0.25, 0.3) is 10.8 Å². The van der Waals surface area contributed by atoms with Gasteiger partial charge in [-0.2, -0.15) is 10.2 Å². The second-order valence-corrected chi connectivity index (χ2v) is 6.78. The van der Waals surface area contributed by atoms with Gasteiger partial charge in [0.05, 0.1) is 29.1 Å². The maximum atomic E-state index is 12.2. The van der Waals surface area contributed by atoms with Crippen LogP contribution in [0.5, 0.6) is 0 Å². The largest absolute Gasteiger partial charge is 0.322 e. The van der Waals surface area contributed by atoms with Gasteiger partial charge in [-0.3, -0.25) is 14.2 Å². The van der Waals surface area contributed by atoms with Gasteiger partial charge in [0.25, 0.3) is 0 Å². The molecule has 0 radical (unpaired) electrons. The number of anilines is 1. The third-order valence-electron chi connectivity index (χ3n) is 4.32. The number of rotatable bonds is 5. The highest BCUT2D eigenvalue weighted by Crippen LogP contribution is 2.20. The standard InChI is InChI=1S/C20H18ClN5O/c1-14-19(21)12-26(24-14)13-20(27)23-17-9-22-25(11-17)10-16-7-4-6-15-5-2-3-8-18(15)16/h2-9,11-12H,10,13H2,1H3,(H,23,27). The topological polar surface area (TPSA) is 64.7 Å². The monoisotopic (exact) mass is 379 g/mol. The molecule has 4 aromatic rings. The van der Waals surface area contributed by atoms with Gasteiger partial charge in [-0.1, -0.05) is 54.1 Å². The maximum absolute atomic E-state index is 12.2. The van der Waals surface area contributed by atoms with Crippen LogP contribution in [-0.4, -0.2) is 25.5 Å². The molecule has 0 saturated heterocycles. The molecule has 0 aliphatic heterocycles. The molecule has 1 N–H and O–H groups in total. The SMILES string of the molecule is Cc1nn(CC(=O)Nc2cnn(Cc3cccc4ccccc34)c2)cc1Cl. The van der Waals surface area contributed by atoms with Gasteiger partial charge in [0.2, 0.25) is 5.91 Å². The minimum Gasteiger partial charge on any atom is -0.322 e. The average molecular weight is 380 g/mol. The second kappa shape index (κ2) is 7.25. The quantitative estimate of drug-likeness (QED) is 0.572. The number of aryl methyl sites for hydroxylation is 1. The first-order chi connectivity index (χ1) is 13.1. The predicted octanol–water partition coefficient (Wildman–Crippen LogP) is 3.88. The van der Waals surface area contributed by atoms with E-state index in [0.29, 0.717) is 22.9 Å². The second-order valence-electron chi connectivity index (χ2n) is 6.37. The lowest BCUT2D eigenvalue weighted by Gasteiger charge is -2.06. The van der Waals surface area contributed by atoms with Crippen molar-refractivity contribution in [1.82, 2.24) is 19.6 Å². The van der Waals surface area contributed by atoms with Gasteiger partial charge in [-0.25, -0.2) is 0 Å². The fraction of sp³-hybridized carbons (Fsp3) is 0.150. The number of nitrogens with one attached hydrogen (secondary N) is 1. The molecule has 0 spiro atoms. The smallest absolute Gasteiger partial charge is 0.246 e. The van der Waals surface area contributed by atoms with Crippen LogP contribution in [0.2, 0.25) is 5.02 Å². The van der Waals surface area contributed by atoms with Crippen molar-refractivity contribution in [2.45, 2.75) is 20.0 Å². The van der Waals surface area contributed by atoms with Crippen LogP contribution in [0.1, 0.15) is 11.3 Å². The molecule has 0 saturated carbocycles. The lowest BCUT2D eigenvalue weighted by Crippen LogP contribution is -2.18. The Morgan fingerprint density at radius 2 is 1.93 bits per heavy atom. The molecule has 2 aromatic carbocycles. The third kappa shape index (κ3) is 3.85. The minimum absolute atomic E-state index is 0.0993. The zero-order valence-electron chi connectivity index (χ0n) is 14.8. The van der Waals surface area contributed by atoms with Crippen LogP contribution in [0.4, 0.5) is 5.69 Å². The molecule has 0 unspecified atom stereocenters. The Morgan fingerprint density at radius 3 is 2.74 bits per heavy atom. The van der Waals surface area contributed by atoms with Gasteiger partial charge in [-0.15, -0.1) is 0 Å². The molecule has 2 aromatic heterocycles. The van der Waals surface area contributed by atoms with Crippen molar-refractivity contribution in [3.8, 4) is 0 Å². The van der Waals surface area contributed by atoms with Crippen LogP contribution >= 0.6 is 11.6 Å². The molecule has 4 rings (SSSR count). The summed E-state index contributed by atoms with van der Waals surface area (Å²) in [5.41, 5.74) is 2.53. The lowest BCUT2D eigenvalue weighted by molar-refractivity contribution is -0.116. The van der Waals surface area contributed by atoms with Gasteiger partial charge in [0.1, 0.15) is 6.54 Å². The number of nitrogens with zero attached hydrogens (tertiary/aromatic N) is 4. The summed E-state index contributed by atoms with van der Waals surface area (Å²) in [6, 6.07) is 14.5. The van der Waals surface area contributed by atoms with E-state index < -0.39 is 0 Å². The number of benzene rings is 2. The van der Waals surface area contributed by atoms with Crippen molar-refractivity contribution in [2.75, 3.05) is 5.32 Å². The van der Waals surface area contributed by atoms with Gasteiger partial charge in [0, 0.05) is 12.4 Å². The van der Waals surface area contributed by atoms with Crippen molar-refractivity contribution in [3.63, 3.8) is 0 Å². The number of amides is 1. The van der Waals surface area contributed by atoms with Crippen molar-refractivity contribution in [3.05, 3.63) is 77.3 Å². The Bertz CT molecular complexity index is 1090. The van der Waals surface area contributed by atoms with E-state index in [-0.39, 0.29) is 12.5 Å². The van der Waals surface area contributed by atoms with Crippen LogP contribution in [0.3, 0.4) is 0 Å². The van der Waals surface area contributed by atoms with Crippen molar-refractivity contribution in [1.29, 1.82) is 0 Å².